The lowest BCUT2D eigenvalue weighted by Crippen LogP contribution is -2.46. The molecule has 1 unspecified atom stereocenters. The van der Waals surface area contributed by atoms with Gasteiger partial charge < -0.3 is 10.2 Å². The number of hydrogen-bond donors (Lipinski definition) is 1. The third-order valence-corrected chi connectivity index (χ3v) is 5.25. The molecule has 1 N–H and O–H groups in total. The molecule has 26 heavy (non-hydrogen) atoms. The van der Waals surface area contributed by atoms with Gasteiger partial charge in [0, 0.05) is 37.2 Å². The summed E-state index contributed by atoms with van der Waals surface area (Å²) in [7, 11) is 0. The topological polar surface area (TPSA) is 52.7 Å². The lowest BCUT2D eigenvalue weighted by Gasteiger charge is -2.32. The summed E-state index contributed by atoms with van der Waals surface area (Å²) in [6.07, 6.45) is 1.33. The number of likely N-dealkylation sites (tertiary alicyclic amines) is 1. The Morgan fingerprint density at radius 3 is 2.31 bits per heavy atom. The van der Waals surface area contributed by atoms with Gasteiger partial charge in [0.25, 0.3) is 5.91 Å². The van der Waals surface area contributed by atoms with Crippen LogP contribution in [0.2, 0.25) is 0 Å². The summed E-state index contributed by atoms with van der Waals surface area (Å²) >= 11 is 0. The Kier molecular flexibility index (Phi) is 7.57. The van der Waals surface area contributed by atoms with Gasteiger partial charge in [-0.1, -0.05) is 13.8 Å². The van der Waals surface area contributed by atoms with Gasteiger partial charge in [-0.15, -0.1) is 0 Å². The summed E-state index contributed by atoms with van der Waals surface area (Å²) in [5, 5.41) is 3.06. The van der Waals surface area contributed by atoms with Gasteiger partial charge in [0.15, 0.2) is 0 Å². The molecule has 2 rings (SSSR count). The largest absolute Gasteiger partial charge is 0.354 e. The normalized spacial score (nSPS) is 16.6. The predicted molar refractivity (Wildman–Crippen MR) is 100 cm³/mol. The van der Waals surface area contributed by atoms with Crippen LogP contribution in [0.25, 0.3) is 0 Å². The Morgan fingerprint density at radius 2 is 1.77 bits per heavy atom. The lowest BCUT2D eigenvalue weighted by atomic mass is 9.95. The number of halogens is 1. The lowest BCUT2D eigenvalue weighted by molar-refractivity contribution is -0.126. The molecule has 1 fully saturated rings. The number of nitrogens with zero attached hydrogens (tertiary/aromatic N) is 2. The number of piperidine rings is 1. The number of carbonyl (C=O) groups excluding carboxylic acids is 2. The number of likely N-dealkylation sites (N-methyl/N-ethyl adjacent to an activating group) is 1. The standard InChI is InChI=1S/C20H30FN3O2/c1-4-23(5-2)15(3)14-22-19(25)16-10-12-24(13-11-16)20(26)17-6-8-18(21)9-7-17/h6-9,15-16H,4-5,10-14H2,1-3H3,(H,22,25). The molecule has 0 radical (unpaired) electrons. The zero-order valence-corrected chi connectivity index (χ0v) is 16.0. The fourth-order valence-electron chi connectivity index (χ4n) is 3.49. The first-order valence-electron chi connectivity index (χ1n) is 9.52. The Morgan fingerprint density at radius 1 is 1.19 bits per heavy atom. The van der Waals surface area contributed by atoms with Crippen LogP contribution in [-0.4, -0.2) is 60.4 Å². The van der Waals surface area contributed by atoms with Crippen molar-refractivity contribution in [2.24, 2.45) is 5.92 Å². The summed E-state index contributed by atoms with van der Waals surface area (Å²) in [6.45, 7) is 10.1. The molecule has 1 aliphatic heterocycles. The molecule has 1 saturated heterocycles. The average Bonchev–Trinajstić information content (AvgIpc) is 2.67. The monoisotopic (exact) mass is 363 g/mol. The molecule has 5 nitrogen and oxygen atoms in total. The van der Waals surface area contributed by atoms with Crippen molar-refractivity contribution in [2.75, 3.05) is 32.7 Å². The van der Waals surface area contributed by atoms with E-state index in [0.29, 0.717) is 44.1 Å². The van der Waals surface area contributed by atoms with E-state index in [1.165, 1.54) is 24.3 Å². The van der Waals surface area contributed by atoms with Crippen molar-refractivity contribution in [2.45, 2.75) is 39.7 Å². The number of nitrogens with one attached hydrogen (secondary N) is 1. The van der Waals surface area contributed by atoms with Crippen LogP contribution in [0.3, 0.4) is 0 Å². The molecule has 1 heterocycles. The van der Waals surface area contributed by atoms with Gasteiger partial charge in [0.1, 0.15) is 5.82 Å². The van der Waals surface area contributed by atoms with Crippen LogP contribution < -0.4 is 5.32 Å². The van der Waals surface area contributed by atoms with Crippen LogP contribution in [0.4, 0.5) is 4.39 Å². The maximum Gasteiger partial charge on any atom is 0.253 e. The minimum absolute atomic E-state index is 0.0452. The Labute approximate surface area is 155 Å². The second-order valence-electron chi connectivity index (χ2n) is 6.89. The van der Waals surface area contributed by atoms with Crippen molar-refractivity contribution in [1.82, 2.24) is 15.1 Å². The summed E-state index contributed by atoms with van der Waals surface area (Å²) < 4.78 is 13.0. The Balaban J connectivity index is 1.79. The second kappa shape index (κ2) is 9.67. The molecule has 1 aromatic carbocycles. The van der Waals surface area contributed by atoms with Gasteiger partial charge in [0.2, 0.25) is 5.91 Å². The Hall–Kier alpha value is -1.95. The highest BCUT2D eigenvalue weighted by Gasteiger charge is 2.28. The quantitative estimate of drug-likeness (QED) is 0.810. The SMILES string of the molecule is CCN(CC)C(C)CNC(=O)C1CCN(C(=O)c2ccc(F)cc2)CC1. The van der Waals surface area contributed by atoms with Gasteiger partial charge in [-0.2, -0.15) is 0 Å². The zero-order valence-electron chi connectivity index (χ0n) is 16.0. The summed E-state index contributed by atoms with van der Waals surface area (Å²) in [5.74, 6) is -0.413. The van der Waals surface area contributed by atoms with E-state index in [-0.39, 0.29) is 23.5 Å². The predicted octanol–water partition coefficient (Wildman–Crippen LogP) is 2.52. The Bertz CT molecular complexity index is 594. The van der Waals surface area contributed by atoms with Gasteiger partial charge in [-0.25, -0.2) is 4.39 Å². The van der Waals surface area contributed by atoms with E-state index in [4.69, 9.17) is 0 Å². The first kappa shape index (κ1) is 20.4. The molecule has 2 amide bonds. The number of carbonyl (C=O) groups is 2. The van der Waals surface area contributed by atoms with Gasteiger partial charge in [-0.3, -0.25) is 14.5 Å². The van der Waals surface area contributed by atoms with Crippen molar-refractivity contribution in [1.29, 1.82) is 0 Å². The third kappa shape index (κ3) is 5.27. The van der Waals surface area contributed by atoms with Crippen LogP contribution in [0.1, 0.15) is 44.0 Å². The van der Waals surface area contributed by atoms with Crippen LogP contribution >= 0.6 is 0 Å². The molecular weight excluding hydrogens is 333 g/mol. The molecule has 0 spiro atoms. The first-order chi connectivity index (χ1) is 12.5. The summed E-state index contributed by atoms with van der Waals surface area (Å²) in [5.41, 5.74) is 0.488. The van der Waals surface area contributed by atoms with E-state index in [9.17, 15) is 14.0 Å². The number of hydrogen-bond acceptors (Lipinski definition) is 3. The molecule has 144 valence electrons. The third-order valence-electron chi connectivity index (χ3n) is 5.25. The fraction of sp³-hybridized carbons (Fsp3) is 0.600. The van der Waals surface area contributed by atoms with Crippen molar-refractivity contribution < 1.29 is 14.0 Å². The van der Waals surface area contributed by atoms with Crippen LogP contribution in [-0.2, 0) is 4.79 Å². The highest BCUT2D eigenvalue weighted by Crippen LogP contribution is 2.19. The van der Waals surface area contributed by atoms with Crippen LogP contribution in [0, 0.1) is 11.7 Å². The van der Waals surface area contributed by atoms with E-state index in [1.807, 2.05) is 0 Å². The van der Waals surface area contributed by atoms with Crippen LogP contribution in [0.5, 0.6) is 0 Å². The first-order valence-corrected chi connectivity index (χ1v) is 9.52. The molecule has 0 bridgehead atoms. The number of rotatable bonds is 7. The molecule has 1 atom stereocenters. The smallest absolute Gasteiger partial charge is 0.253 e. The van der Waals surface area contributed by atoms with Crippen molar-refractivity contribution in [3.63, 3.8) is 0 Å². The maximum atomic E-state index is 13.0. The zero-order chi connectivity index (χ0) is 19.1. The van der Waals surface area contributed by atoms with Crippen LogP contribution in [0.15, 0.2) is 24.3 Å². The molecule has 0 aliphatic carbocycles. The van der Waals surface area contributed by atoms with Crippen molar-refractivity contribution in [3.05, 3.63) is 35.6 Å². The number of benzene rings is 1. The molecule has 0 aromatic heterocycles. The summed E-state index contributed by atoms with van der Waals surface area (Å²) in [4.78, 5) is 28.9. The second-order valence-corrected chi connectivity index (χ2v) is 6.89. The highest BCUT2D eigenvalue weighted by molar-refractivity contribution is 5.94. The maximum absolute atomic E-state index is 13.0. The van der Waals surface area contributed by atoms with Gasteiger partial charge in [-0.05, 0) is 57.1 Å². The molecule has 1 aromatic rings. The molecule has 1 aliphatic rings. The molecule has 6 heteroatoms. The average molecular weight is 363 g/mol. The van der Waals surface area contributed by atoms with E-state index in [2.05, 4.69) is 31.0 Å². The minimum atomic E-state index is -0.351. The highest BCUT2D eigenvalue weighted by atomic mass is 19.1. The van der Waals surface area contributed by atoms with E-state index < -0.39 is 0 Å². The van der Waals surface area contributed by atoms with Crippen molar-refractivity contribution in [3.8, 4) is 0 Å². The van der Waals surface area contributed by atoms with E-state index >= 15 is 0 Å². The van der Waals surface area contributed by atoms with E-state index in [1.54, 1.807) is 4.90 Å². The van der Waals surface area contributed by atoms with E-state index in [0.717, 1.165) is 13.1 Å². The van der Waals surface area contributed by atoms with Gasteiger partial charge >= 0.3 is 0 Å². The summed E-state index contributed by atoms with van der Waals surface area (Å²) in [6, 6.07) is 5.92. The fourth-order valence-corrected chi connectivity index (χ4v) is 3.49. The molecular formula is C20H30FN3O2. The van der Waals surface area contributed by atoms with Crippen molar-refractivity contribution >= 4 is 11.8 Å². The molecule has 0 saturated carbocycles. The number of amides is 2. The minimum Gasteiger partial charge on any atom is -0.354 e. The van der Waals surface area contributed by atoms with Gasteiger partial charge in [0.05, 0.1) is 0 Å².